The summed E-state index contributed by atoms with van der Waals surface area (Å²) in [6.45, 7) is 6.12. The van der Waals surface area contributed by atoms with E-state index in [4.69, 9.17) is 14.2 Å². The van der Waals surface area contributed by atoms with Gasteiger partial charge in [0.15, 0.2) is 11.5 Å². The van der Waals surface area contributed by atoms with Gasteiger partial charge in [0.2, 0.25) is 0 Å². The number of ether oxygens (including phenoxy) is 3. The Morgan fingerprint density at radius 2 is 2.00 bits per heavy atom. The van der Waals surface area contributed by atoms with E-state index in [1.165, 1.54) is 7.11 Å². The van der Waals surface area contributed by atoms with Gasteiger partial charge in [-0.1, -0.05) is 19.9 Å². The minimum Gasteiger partial charge on any atom is -0.493 e. The third-order valence-electron chi connectivity index (χ3n) is 3.52. The highest BCUT2D eigenvalue weighted by Gasteiger charge is 2.36. The molecule has 2 amide bonds. The van der Waals surface area contributed by atoms with E-state index >= 15 is 0 Å². The largest absolute Gasteiger partial charge is 0.493 e. The Labute approximate surface area is 162 Å². The van der Waals surface area contributed by atoms with Crippen LogP contribution in [0.25, 0.3) is 6.08 Å². The van der Waals surface area contributed by atoms with Crippen molar-refractivity contribution in [2.24, 2.45) is 5.92 Å². The second-order valence-electron chi connectivity index (χ2n) is 6.19. The van der Waals surface area contributed by atoms with Crippen LogP contribution in [0.1, 0.15) is 26.3 Å². The lowest BCUT2D eigenvalue weighted by Crippen LogP contribution is -2.34. The first kappa shape index (κ1) is 20.8. The third-order valence-corrected chi connectivity index (χ3v) is 4.43. The predicted octanol–water partition coefficient (Wildman–Crippen LogP) is 3.33. The molecule has 0 radical (unpaired) electrons. The molecule has 7 nitrogen and oxygen atoms in total. The second-order valence-corrected chi connectivity index (χ2v) is 7.18. The quantitative estimate of drug-likeness (QED) is 0.495. The van der Waals surface area contributed by atoms with E-state index in [0.29, 0.717) is 29.6 Å². The van der Waals surface area contributed by atoms with Gasteiger partial charge in [0, 0.05) is 0 Å². The van der Waals surface area contributed by atoms with E-state index in [9.17, 15) is 14.4 Å². The summed E-state index contributed by atoms with van der Waals surface area (Å²) < 4.78 is 15.8. The van der Waals surface area contributed by atoms with Gasteiger partial charge in [0.1, 0.15) is 6.54 Å². The summed E-state index contributed by atoms with van der Waals surface area (Å²) in [6, 6.07) is 5.27. The number of rotatable bonds is 8. The van der Waals surface area contributed by atoms with Crippen molar-refractivity contribution < 1.29 is 28.6 Å². The molecule has 1 fully saturated rings. The highest BCUT2D eigenvalue weighted by atomic mass is 32.2. The summed E-state index contributed by atoms with van der Waals surface area (Å²) >= 11 is 0.787. The summed E-state index contributed by atoms with van der Waals surface area (Å²) in [5.74, 6) is 0.390. The lowest BCUT2D eigenvalue weighted by Gasteiger charge is -2.13. The summed E-state index contributed by atoms with van der Waals surface area (Å²) in [5, 5.41) is -0.497. The molecule has 1 aromatic rings. The maximum absolute atomic E-state index is 12.4. The number of nitrogens with zero attached hydrogens (tertiary/aromatic N) is 1. The molecule has 27 heavy (non-hydrogen) atoms. The Bertz CT molecular complexity index is 759. The Balaban J connectivity index is 2.17. The van der Waals surface area contributed by atoms with Crippen LogP contribution in [0, 0.1) is 5.92 Å². The Kier molecular flexibility index (Phi) is 7.29. The fourth-order valence-electron chi connectivity index (χ4n) is 2.27. The number of esters is 1. The fraction of sp³-hybridized carbons (Fsp3) is 0.421. The van der Waals surface area contributed by atoms with Crippen LogP contribution in [-0.2, 0) is 14.3 Å². The fourth-order valence-corrected chi connectivity index (χ4v) is 3.11. The number of imide groups is 1. The molecule has 0 atom stereocenters. The molecule has 0 spiro atoms. The SMILES string of the molecule is CCOC(=O)CN1C(=O)S/C(=C\c2ccc(OCC(C)C)c(OC)c2)C1=O. The molecule has 0 N–H and O–H groups in total. The molecule has 0 unspecified atom stereocenters. The van der Waals surface area contributed by atoms with E-state index in [2.05, 4.69) is 0 Å². The highest BCUT2D eigenvalue weighted by molar-refractivity contribution is 8.18. The molecule has 0 aromatic heterocycles. The number of amides is 2. The van der Waals surface area contributed by atoms with Crippen LogP contribution in [0.15, 0.2) is 23.1 Å². The molecule has 1 aromatic carbocycles. The third kappa shape index (κ3) is 5.50. The van der Waals surface area contributed by atoms with Crippen molar-refractivity contribution in [3.8, 4) is 11.5 Å². The number of methoxy groups -OCH3 is 1. The number of benzene rings is 1. The molecule has 8 heteroatoms. The standard InChI is InChI=1S/C19H23NO6S/c1-5-25-17(21)10-20-18(22)16(27-19(20)23)9-13-6-7-14(15(8-13)24-4)26-11-12(2)3/h6-9,12H,5,10-11H2,1-4H3/b16-9-. The van der Waals surface area contributed by atoms with Crippen molar-refractivity contribution in [3.63, 3.8) is 0 Å². The average Bonchev–Trinajstić information content (AvgIpc) is 2.88. The monoisotopic (exact) mass is 393 g/mol. The van der Waals surface area contributed by atoms with Gasteiger partial charge in [-0.2, -0.15) is 0 Å². The molecule has 0 bridgehead atoms. The van der Waals surface area contributed by atoms with Crippen molar-refractivity contribution in [1.82, 2.24) is 4.90 Å². The molecule has 1 aliphatic rings. The summed E-state index contributed by atoms with van der Waals surface area (Å²) in [6.07, 6.45) is 1.59. The zero-order chi connectivity index (χ0) is 20.0. The van der Waals surface area contributed by atoms with Crippen LogP contribution in [0.2, 0.25) is 0 Å². The zero-order valence-electron chi connectivity index (χ0n) is 15.8. The number of carbonyl (C=O) groups excluding carboxylic acids is 3. The summed E-state index contributed by atoms with van der Waals surface area (Å²) in [5.41, 5.74) is 0.686. The van der Waals surface area contributed by atoms with Gasteiger partial charge in [-0.15, -0.1) is 0 Å². The van der Waals surface area contributed by atoms with E-state index in [1.807, 2.05) is 13.8 Å². The maximum Gasteiger partial charge on any atom is 0.326 e. The first-order valence-corrected chi connectivity index (χ1v) is 9.39. The normalized spacial score (nSPS) is 15.6. The molecule has 1 saturated heterocycles. The lowest BCUT2D eigenvalue weighted by molar-refractivity contribution is -0.145. The van der Waals surface area contributed by atoms with Crippen molar-refractivity contribution in [1.29, 1.82) is 0 Å². The van der Waals surface area contributed by atoms with E-state index < -0.39 is 17.1 Å². The molecule has 0 saturated carbocycles. The molecule has 2 rings (SSSR count). The smallest absolute Gasteiger partial charge is 0.326 e. The van der Waals surface area contributed by atoms with Crippen molar-refractivity contribution in [3.05, 3.63) is 28.7 Å². The minimum absolute atomic E-state index is 0.190. The molecule has 0 aliphatic carbocycles. The molecular formula is C19H23NO6S. The van der Waals surface area contributed by atoms with Crippen LogP contribution in [0.3, 0.4) is 0 Å². The van der Waals surface area contributed by atoms with Crippen molar-refractivity contribution in [2.45, 2.75) is 20.8 Å². The zero-order valence-corrected chi connectivity index (χ0v) is 16.6. The first-order valence-electron chi connectivity index (χ1n) is 8.57. The summed E-state index contributed by atoms with van der Waals surface area (Å²) in [4.78, 5) is 37.1. The first-order chi connectivity index (χ1) is 12.8. The number of hydrogen-bond acceptors (Lipinski definition) is 7. The van der Waals surface area contributed by atoms with Gasteiger partial charge in [0.05, 0.1) is 25.2 Å². The van der Waals surface area contributed by atoms with Gasteiger partial charge in [0.25, 0.3) is 11.1 Å². The van der Waals surface area contributed by atoms with E-state index in [-0.39, 0.29) is 18.1 Å². The number of hydrogen-bond donors (Lipinski definition) is 0. The minimum atomic E-state index is -0.616. The maximum atomic E-state index is 12.4. The highest BCUT2D eigenvalue weighted by Crippen LogP contribution is 2.34. The molecular weight excluding hydrogens is 370 g/mol. The Morgan fingerprint density at radius 1 is 1.26 bits per heavy atom. The lowest BCUT2D eigenvalue weighted by atomic mass is 10.1. The number of carbonyl (C=O) groups is 3. The predicted molar refractivity (Wildman–Crippen MR) is 103 cm³/mol. The van der Waals surface area contributed by atoms with Gasteiger partial charge in [-0.25, -0.2) is 0 Å². The number of thioether (sulfide) groups is 1. The molecule has 1 heterocycles. The van der Waals surface area contributed by atoms with E-state index in [0.717, 1.165) is 16.7 Å². The van der Waals surface area contributed by atoms with Crippen LogP contribution < -0.4 is 9.47 Å². The van der Waals surface area contributed by atoms with Crippen molar-refractivity contribution in [2.75, 3.05) is 26.9 Å². The Hall–Kier alpha value is -2.48. The molecule has 1 aliphatic heterocycles. The second kappa shape index (κ2) is 9.45. The van der Waals surface area contributed by atoms with Crippen molar-refractivity contribution >= 4 is 35.0 Å². The topological polar surface area (TPSA) is 82.1 Å². The summed E-state index contributed by atoms with van der Waals surface area (Å²) in [7, 11) is 1.54. The van der Waals surface area contributed by atoms with Crippen LogP contribution in [0.4, 0.5) is 4.79 Å². The molecule has 146 valence electrons. The Morgan fingerprint density at radius 3 is 2.63 bits per heavy atom. The van der Waals surface area contributed by atoms with Gasteiger partial charge < -0.3 is 14.2 Å². The van der Waals surface area contributed by atoms with Gasteiger partial charge in [-0.05, 0) is 48.4 Å². The van der Waals surface area contributed by atoms with Crippen LogP contribution >= 0.6 is 11.8 Å². The van der Waals surface area contributed by atoms with E-state index in [1.54, 1.807) is 31.2 Å². The van der Waals surface area contributed by atoms with Crippen LogP contribution in [0.5, 0.6) is 11.5 Å². The van der Waals surface area contributed by atoms with Gasteiger partial charge >= 0.3 is 5.97 Å². The van der Waals surface area contributed by atoms with Gasteiger partial charge in [-0.3, -0.25) is 19.3 Å². The van der Waals surface area contributed by atoms with Crippen LogP contribution in [-0.4, -0.2) is 48.9 Å². The average molecular weight is 393 g/mol.